The molecule has 4 aromatic rings. The van der Waals surface area contributed by atoms with Crippen LogP contribution < -0.4 is 10.9 Å². The van der Waals surface area contributed by atoms with Crippen LogP contribution in [-0.2, 0) is 5.41 Å². The van der Waals surface area contributed by atoms with E-state index in [-0.39, 0.29) is 17.0 Å². The molecular formula is C22H23N3OS2. The summed E-state index contributed by atoms with van der Waals surface area (Å²) in [5.74, 6) is 0.650. The lowest BCUT2D eigenvalue weighted by atomic mass is 9.87. The number of aromatic amines is 1. The van der Waals surface area contributed by atoms with E-state index in [1.54, 1.807) is 11.3 Å². The Bertz CT molecular complexity index is 1150. The summed E-state index contributed by atoms with van der Waals surface area (Å²) in [4.78, 5) is 22.3. The van der Waals surface area contributed by atoms with Gasteiger partial charge in [-0.3, -0.25) is 4.79 Å². The first-order valence-corrected chi connectivity index (χ1v) is 11.0. The zero-order valence-corrected chi connectivity index (χ0v) is 18.0. The highest BCUT2D eigenvalue weighted by atomic mass is 32.1. The van der Waals surface area contributed by atoms with Crippen molar-refractivity contribution in [2.75, 3.05) is 5.32 Å². The molecule has 4 nitrogen and oxygen atoms in total. The molecule has 0 radical (unpaired) electrons. The lowest BCUT2D eigenvalue weighted by molar-refractivity contribution is 0.590. The highest BCUT2D eigenvalue weighted by Crippen LogP contribution is 2.34. The van der Waals surface area contributed by atoms with Crippen LogP contribution in [0.1, 0.15) is 45.1 Å². The van der Waals surface area contributed by atoms with Crippen molar-refractivity contribution < 1.29 is 0 Å². The lowest BCUT2D eigenvalue weighted by Gasteiger charge is -2.20. The van der Waals surface area contributed by atoms with Crippen molar-refractivity contribution in [2.24, 2.45) is 0 Å². The van der Waals surface area contributed by atoms with Crippen LogP contribution in [0.4, 0.5) is 5.69 Å². The molecule has 0 spiro atoms. The van der Waals surface area contributed by atoms with Gasteiger partial charge in [0.25, 0.3) is 5.56 Å². The van der Waals surface area contributed by atoms with Crippen LogP contribution in [0.25, 0.3) is 20.7 Å². The smallest absolute Gasteiger partial charge is 0.260 e. The van der Waals surface area contributed by atoms with Gasteiger partial charge in [0.1, 0.15) is 10.7 Å². The van der Waals surface area contributed by atoms with E-state index in [4.69, 9.17) is 4.98 Å². The summed E-state index contributed by atoms with van der Waals surface area (Å²) in [5.41, 5.74) is 3.31. The molecule has 2 N–H and O–H groups in total. The summed E-state index contributed by atoms with van der Waals surface area (Å²) in [6, 6.07) is 12.4. The summed E-state index contributed by atoms with van der Waals surface area (Å²) in [5, 5.41) is 8.16. The van der Waals surface area contributed by atoms with Gasteiger partial charge in [-0.1, -0.05) is 39.0 Å². The Kier molecular flexibility index (Phi) is 4.85. The summed E-state index contributed by atoms with van der Waals surface area (Å²) in [7, 11) is 0. The normalized spacial score (nSPS) is 13.0. The van der Waals surface area contributed by atoms with Crippen LogP contribution in [0.2, 0.25) is 0 Å². The Hall–Kier alpha value is -2.44. The third-order valence-electron chi connectivity index (χ3n) is 4.79. The van der Waals surface area contributed by atoms with Gasteiger partial charge >= 0.3 is 0 Å². The fourth-order valence-corrected chi connectivity index (χ4v) is 4.94. The van der Waals surface area contributed by atoms with Crippen molar-refractivity contribution in [3.8, 4) is 10.4 Å². The molecule has 0 amide bonds. The van der Waals surface area contributed by atoms with E-state index >= 15 is 0 Å². The maximum absolute atomic E-state index is 12.8. The Labute approximate surface area is 172 Å². The number of rotatable bonds is 4. The van der Waals surface area contributed by atoms with E-state index in [9.17, 15) is 4.79 Å². The SMILES string of the molecule is C[C@H](Nc1ccc(C(C)(C)C)cc1)c1nc2scc(-c3cccs3)c2c(=O)[nH]1. The number of hydrogen-bond donors (Lipinski definition) is 2. The molecule has 0 saturated carbocycles. The Morgan fingerprint density at radius 3 is 2.50 bits per heavy atom. The standard InChI is InChI=1S/C22H23N3OS2/c1-13(23-15-9-7-14(8-10-15)22(2,3)4)19-24-20(26)18-16(12-28-21(18)25-19)17-6-5-11-27-17/h5-13,23H,1-4H3,(H,24,25,26)/t13-/m0/s1. The van der Waals surface area contributed by atoms with Crippen molar-refractivity contribution in [3.63, 3.8) is 0 Å². The molecule has 0 unspecified atom stereocenters. The lowest BCUT2D eigenvalue weighted by Crippen LogP contribution is -2.17. The van der Waals surface area contributed by atoms with Crippen LogP contribution in [0.3, 0.4) is 0 Å². The molecule has 0 aliphatic rings. The van der Waals surface area contributed by atoms with Gasteiger partial charge in [0.05, 0.1) is 11.4 Å². The fraction of sp³-hybridized carbons (Fsp3) is 0.273. The minimum atomic E-state index is -0.107. The second-order valence-electron chi connectivity index (χ2n) is 7.95. The second-order valence-corrected chi connectivity index (χ2v) is 9.76. The van der Waals surface area contributed by atoms with Crippen LogP contribution in [0.5, 0.6) is 0 Å². The highest BCUT2D eigenvalue weighted by Gasteiger charge is 2.17. The molecule has 1 atom stereocenters. The van der Waals surface area contributed by atoms with Crippen LogP contribution in [0.15, 0.2) is 52.0 Å². The monoisotopic (exact) mass is 409 g/mol. The maximum Gasteiger partial charge on any atom is 0.260 e. The van der Waals surface area contributed by atoms with Crippen molar-refractivity contribution in [3.05, 3.63) is 68.9 Å². The van der Waals surface area contributed by atoms with E-state index < -0.39 is 0 Å². The third-order valence-corrected chi connectivity index (χ3v) is 6.57. The van der Waals surface area contributed by atoms with Gasteiger partial charge in [-0.25, -0.2) is 4.98 Å². The largest absolute Gasteiger partial charge is 0.375 e. The minimum absolute atomic E-state index is 0.0821. The van der Waals surface area contributed by atoms with E-state index in [1.165, 1.54) is 16.9 Å². The number of H-pyrrole nitrogens is 1. The molecule has 0 aliphatic carbocycles. The van der Waals surface area contributed by atoms with Crippen LogP contribution in [-0.4, -0.2) is 9.97 Å². The summed E-state index contributed by atoms with van der Waals surface area (Å²) in [6.45, 7) is 8.61. The summed E-state index contributed by atoms with van der Waals surface area (Å²) < 4.78 is 0. The van der Waals surface area contributed by atoms with Gasteiger partial charge in [0.2, 0.25) is 0 Å². The predicted octanol–water partition coefficient (Wildman–Crippen LogP) is 6.18. The van der Waals surface area contributed by atoms with E-state index in [2.05, 4.69) is 55.3 Å². The molecule has 144 valence electrons. The van der Waals surface area contributed by atoms with Crippen molar-refractivity contribution in [1.82, 2.24) is 9.97 Å². The zero-order valence-electron chi connectivity index (χ0n) is 16.4. The fourth-order valence-electron chi connectivity index (χ4n) is 3.17. The molecule has 0 fully saturated rings. The summed E-state index contributed by atoms with van der Waals surface area (Å²) >= 11 is 3.15. The maximum atomic E-state index is 12.8. The van der Waals surface area contributed by atoms with Gasteiger partial charge in [-0.05, 0) is 41.5 Å². The van der Waals surface area contributed by atoms with Crippen molar-refractivity contribution in [2.45, 2.75) is 39.2 Å². The first-order valence-electron chi connectivity index (χ1n) is 9.25. The molecule has 6 heteroatoms. The topological polar surface area (TPSA) is 57.8 Å². The van der Waals surface area contributed by atoms with Gasteiger partial charge < -0.3 is 10.3 Å². The number of anilines is 1. The zero-order chi connectivity index (χ0) is 19.9. The minimum Gasteiger partial charge on any atom is -0.375 e. The predicted molar refractivity (Wildman–Crippen MR) is 121 cm³/mol. The molecule has 3 heterocycles. The highest BCUT2D eigenvalue weighted by molar-refractivity contribution is 7.18. The van der Waals surface area contributed by atoms with E-state index in [0.29, 0.717) is 11.2 Å². The average Bonchev–Trinajstić information content (AvgIpc) is 3.30. The number of hydrogen-bond acceptors (Lipinski definition) is 5. The Morgan fingerprint density at radius 1 is 1.11 bits per heavy atom. The van der Waals surface area contributed by atoms with Gasteiger partial charge in [-0.15, -0.1) is 22.7 Å². The summed E-state index contributed by atoms with van der Waals surface area (Å²) in [6.07, 6.45) is 0. The molecule has 3 aromatic heterocycles. The first kappa shape index (κ1) is 18.9. The van der Waals surface area contributed by atoms with E-state index in [1.807, 2.05) is 29.8 Å². The van der Waals surface area contributed by atoms with Crippen molar-refractivity contribution in [1.29, 1.82) is 0 Å². The molecule has 28 heavy (non-hydrogen) atoms. The number of aromatic nitrogens is 2. The van der Waals surface area contributed by atoms with Crippen molar-refractivity contribution >= 4 is 38.6 Å². The van der Waals surface area contributed by atoms with Gasteiger partial charge in [0.15, 0.2) is 0 Å². The van der Waals surface area contributed by atoms with Gasteiger partial charge in [0, 0.05) is 21.5 Å². The third kappa shape index (κ3) is 3.62. The first-order chi connectivity index (χ1) is 13.3. The molecule has 0 saturated heterocycles. The number of thiophene rings is 2. The molecule has 0 bridgehead atoms. The van der Waals surface area contributed by atoms with Crippen LogP contribution >= 0.6 is 22.7 Å². The van der Waals surface area contributed by atoms with E-state index in [0.717, 1.165) is 21.0 Å². The number of benzene rings is 1. The second kappa shape index (κ2) is 7.18. The molecular weight excluding hydrogens is 386 g/mol. The Morgan fingerprint density at radius 2 is 1.86 bits per heavy atom. The molecule has 4 rings (SSSR count). The van der Waals surface area contributed by atoms with Gasteiger partial charge in [-0.2, -0.15) is 0 Å². The molecule has 0 aliphatic heterocycles. The van der Waals surface area contributed by atoms with Crippen LogP contribution in [0, 0.1) is 0 Å². The number of nitrogens with one attached hydrogen (secondary N) is 2. The number of fused-ring (bicyclic) bond motifs is 1. The Balaban J connectivity index is 1.61. The quantitative estimate of drug-likeness (QED) is 0.423. The molecule has 1 aromatic carbocycles. The number of nitrogens with zero attached hydrogens (tertiary/aromatic N) is 1. The average molecular weight is 410 g/mol.